The maximum absolute atomic E-state index is 5.36. The van der Waals surface area contributed by atoms with Gasteiger partial charge in [-0.2, -0.15) is 0 Å². The standard InChI is InChI=1S/C18H30N2O2S/c1-5-7-8-14(6-2)12-19-18(23)20-13-15-9-10-16(21-3)17(11-15)22-4/h9-11,14H,5-8,12-13H2,1-4H3,(H2,19,20,23)/t14-/m0/s1. The molecule has 0 spiro atoms. The van der Waals surface area contributed by atoms with Crippen LogP contribution in [-0.2, 0) is 6.54 Å². The zero-order valence-electron chi connectivity index (χ0n) is 14.8. The van der Waals surface area contributed by atoms with Crippen LogP contribution in [0.4, 0.5) is 0 Å². The quantitative estimate of drug-likeness (QED) is 0.634. The van der Waals surface area contributed by atoms with Crippen molar-refractivity contribution in [2.24, 2.45) is 5.92 Å². The van der Waals surface area contributed by atoms with Crippen molar-refractivity contribution in [3.8, 4) is 11.5 Å². The Morgan fingerprint density at radius 2 is 1.87 bits per heavy atom. The topological polar surface area (TPSA) is 42.5 Å². The summed E-state index contributed by atoms with van der Waals surface area (Å²) in [5.74, 6) is 2.16. The number of thiocarbonyl (C=S) groups is 1. The van der Waals surface area contributed by atoms with E-state index in [2.05, 4.69) is 24.5 Å². The van der Waals surface area contributed by atoms with Crippen LogP contribution >= 0.6 is 12.2 Å². The zero-order chi connectivity index (χ0) is 17.1. The average molecular weight is 339 g/mol. The highest BCUT2D eigenvalue weighted by molar-refractivity contribution is 7.80. The first kappa shape index (κ1) is 19.6. The minimum atomic E-state index is 0.665. The number of hydrogen-bond acceptors (Lipinski definition) is 3. The number of ether oxygens (including phenoxy) is 2. The lowest BCUT2D eigenvalue weighted by Crippen LogP contribution is -2.37. The molecule has 0 saturated heterocycles. The molecule has 0 bridgehead atoms. The second kappa shape index (κ2) is 11.1. The molecule has 1 aromatic rings. The Balaban J connectivity index is 2.41. The van der Waals surface area contributed by atoms with Crippen molar-refractivity contribution in [3.05, 3.63) is 23.8 Å². The lowest BCUT2D eigenvalue weighted by Gasteiger charge is -2.17. The Morgan fingerprint density at radius 1 is 1.13 bits per heavy atom. The summed E-state index contributed by atoms with van der Waals surface area (Å²) in [7, 11) is 3.28. The summed E-state index contributed by atoms with van der Waals surface area (Å²) in [6.07, 6.45) is 4.98. The summed E-state index contributed by atoms with van der Waals surface area (Å²) in [4.78, 5) is 0. The van der Waals surface area contributed by atoms with Crippen LogP contribution in [0.5, 0.6) is 11.5 Å². The number of nitrogens with one attached hydrogen (secondary N) is 2. The lowest BCUT2D eigenvalue weighted by molar-refractivity contribution is 0.354. The number of benzene rings is 1. The molecule has 130 valence electrons. The molecule has 0 heterocycles. The summed E-state index contributed by atoms with van der Waals surface area (Å²) in [5.41, 5.74) is 1.10. The molecular weight excluding hydrogens is 308 g/mol. The molecule has 0 aromatic heterocycles. The lowest BCUT2D eigenvalue weighted by atomic mass is 9.99. The number of methoxy groups -OCH3 is 2. The van der Waals surface area contributed by atoms with Crippen LogP contribution in [0.25, 0.3) is 0 Å². The van der Waals surface area contributed by atoms with E-state index in [1.165, 1.54) is 25.7 Å². The third-order valence-electron chi connectivity index (χ3n) is 4.00. The fourth-order valence-electron chi connectivity index (χ4n) is 2.42. The molecule has 2 N–H and O–H groups in total. The summed E-state index contributed by atoms with van der Waals surface area (Å²) < 4.78 is 10.6. The third kappa shape index (κ3) is 7.08. The Labute approximate surface area is 145 Å². The van der Waals surface area contributed by atoms with Crippen molar-refractivity contribution in [1.82, 2.24) is 10.6 Å². The number of unbranched alkanes of at least 4 members (excludes halogenated alkanes) is 1. The van der Waals surface area contributed by atoms with Gasteiger partial charge in [0.25, 0.3) is 0 Å². The molecule has 1 atom stereocenters. The van der Waals surface area contributed by atoms with Crippen LogP contribution < -0.4 is 20.1 Å². The molecule has 0 unspecified atom stereocenters. The maximum Gasteiger partial charge on any atom is 0.166 e. The van der Waals surface area contributed by atoms with E-state index in [1.807, 2.05) is 18.2 Å². The summed E-state index contributed by atoms with van der Waals surface area (Å²) in [6, 6.07) is 5.88. The SMILES string of the molecule is CCCC[C@H](CC)CNC(=S)NCc1ccc(OC)c(OC)c1. The Morgan fingerprint density at radius 3 is 2.48 bits per heavy atom. The predicted octanol–water partition coefficient (Wildman–Crippen LogP) is 3.88. The van der Waals surface area contributed by atoms with Gasteiger partial charge in [0.1, 0.15) is 0 Å². The molecule has 1 rings (SSSR count). The van der Waals surface area contributed by atoms with Crippen molar-refractivity contribution in [2.75, 3.05) is 20.8 Å². The maximum atomic E-state index is 5.36. The second-order valence-electron chi connectivity index (χ2n) is 5.67. The molecule has 4 nitrogen and oxygen atoms in total. The van der Waals surface area contributed by atoms with Crippen molar-refractivity contribution >= 4 is 17.3 Å². The highest BCUT2D eigenvalue weighted by atomic mass is 32.1. The number of hydrogen-bond donors (Lipinski definition) is 2. The molecule has 0 amide bonds. The third-order valence-corrected chi connectivity index (χ3v) is 4.28. The van der Waals surface area contributed by atoms with Gasteiger partial charge in [0.05, 0.1) is 14.2 Å². The minimum Gasteiger partial charge on any atom is -0.493 e. The molecule has 0 aliphatic heterocycles. The van der Waals surface area contributed by atoms with Gasteiger partial charge in [0.2, 0.25) is 0 Å². The van der Waals surface area contributed by atoms with E-state index in [1.54, 1.807) is 14.2 Å². The molecule has 0 saturated carbocycles. The second-order valence-corrected chi connectivity index (χ2v) is 6.08. The predicted molar refractivity (Wildman–Crippen MR) is 100 cm³/mol. The molecular formula is C18H30N2O2S. The van der Waals surface area contributed by atoms with Crippen molar-refractivity contribution < 1.29 is 9.47 Å². The summed E-state index contributed by atoms with van der Waals surface area (Å²) >= 11 is 5.36. The Kier molecular flexibility index (Phi) is 9.45. The minimum absolute atomic E-state index is 0.665. The van der Waals surface area contributed by atoms with E-state index < -0.39 is 0 Å². The summed E-state index contributed by atoms with van der Waals surface area (Å²) in [6.45, 7) is 6.07. The van der Waals surface area contributed by atoms with Gasteiger partial charge in [-0.15, -0.1) is 0 Å². The Bertz CT molecular complexity index is 480. The highest BCUT2D eigenvalue weighted by Crippen LogP contribution is 2.27. The molecule has 1 aromatic carbocycles. The molecule has 0 aliphatic carbocycles. The van der Waals surface area contributed by atoms with Crippen molar-refractivity contribution in [2.45, 2.75) is 46.1 Å². The van der Waals surface area contributed by atoms with E-state index in [0.29, 0.717) is 17.6 Å². The van der Waals surface area contributed by atoms with E-state index in [4.69, 9.17) is 21.7 Å². The fraction of sp³-hybridized carbons (Fsp3) is 0.611. The van der Waals surface area contributed by atoms with Gasteiger partial charge in [0, 0.05) is 13.1 Å². The fourth-order valence-corrected chi connectivity index (χ4v) is 2.57. The van der Waals surface area contributed by atoms with Gasteiger partial charge in [-0.05, 0) is 42.3 Å². The molecule has 0 radical (unpaired) electrons. The first-order valence-corrected chi connectivity index (χ1v) is 8.77. The zero-order valence-corrected chi connectivity index (χ0v) is 15.6. The van der Waals surface area contributed by atoms with Gasteiger partial charge in [0.15, 0.2) is 16.6 Å². The van der Waals surface area contributed by atoms with Crippen LogP contribution in [0.2, 0.25) is 0 Å². The Hall–Kier alpha value is -1.49. The van der Waals surface area contributed by atoms with Gasteiger partial charge in [-0.1, -0.05) is 39.2 Å². The first-order chi connectivity index (χ1) is 11.1. The highest BCUT2D eigenvalue weighted by Gasteiger charge is 2.07. The number of rotatable bonds is 10. The van der Waals surface area contributed by atoms with Gasteiger partial charge >= 0.3 is 0 Å². The van der Waals surface area contributed by atoms with Crippen LogP contribution in [-0.4, -0.2) is 25.9 Å². The van der Waals surface area contributed by atoms with E-state index in [0.717, 1.165) is 23.6 Å². The average Bonchev–Trinajstić information content (AvgIpc) is 2.59. The molecule has 5 heteroatoms. The van der Waals surface area contributed by atoms with Gasteiger partial charge in [-0.25, -0.2) is 0 Å². The van der Waals surface area contributed by atoms with Crippen LogP contribution in [0.3, 0.4) is 0 Å². The van der Waals surface area contributed by atoms with E-state index >= 15 is 0 Å². The molecule has 0 fully saturated rings. The van der Waals surface area contributed by atoms with Crippen LogP contribution in [0, 0.1) is 5.92 Å². The molecule has 23 heavy (non-hydrogen) atoms. The van der Waals surface area contributed by atoms with E-state index in [9.17, 15) is 0 Å². The van der Waals surface area contributed by atoms with E-state index in [-0.39, 0.29) is 0 Å². The van der Waals surface area contributed by atoms with Gasteiger partial charge in [-0.3, -0.25) is 0 Å². The first-order valence-electron chi connectivity index (χ1n) is 8.37. The van der Waals surface area contributed by atoms with Crippen molar-refractivity contribution in [1.29, 1.82) is 0 Å². The van der Waals surface area contributed by atoms with Gasteiger partial charge < -0.3 is 20.1 Å². The largest absolute Gasteiger partial charge is 0.493 e. The van der Waals surface area contributed by atoms with Crippen molar-refractivity contribution in [3.63, 3.8) is 0 Å². The normalized spacial score (nSPS) is 11.7. The van der Waals surface area contributed by atoms with Crippen LogP contribution in [0.15, 0.2) is 18.2 Å². The monoisotopic (exact) mass is 338 g/mol. The smallest absolute Gasteiger partial charge is 0.166 e. The van der Waals surface area contributed by atoms with Crippen LogP contribution in [0.1, 0.15) is 45.1 Å². The molecule has 0 aliphatic rings. The summed E-state index contributed by atoms with van der Waals surface area (Å²) in [5, 5.41) is 7.28.